The molecule has 0 unspecified atom stereocenters. The van der Waals surface area contributed by atoms with Crippen molar-refractivity contribution < 1.29 is 14.7 Å². The van der Waals surface area contributed by atoms with Gasteiger partial charge in [0.15, 0.2) is 0 Å². The van der Waals surface area contributed by atoms with Crippen LogP contribution >= 0.6 is 0 Å². The molecule has 2 rings (SSSR count). The number of carbonyl (C=O) groups excluding carboxylic acids is 2. The molecule has 24 heavy (non-hydrogen) atoms. The molecule has 0 saturated carbocycles. The Hall–Kier alpha value is -1.18. The third-order valence-electron chi connectivity index (χ3n) is 4.75. The zero-order chi connectivity index (χ0) is 18.0. The first-order valence-corrected chi connectivity index (χ1v) is 8.83. The Morgan fingerprint density at radius 2 is 1.58 bits per heavy atom. The fourth-order valence-electron chi connectivity index (χ4n) is 3.27. The van der Waals surface area contributed by atoms with Crippen LogP contribution in [0.1, 0.15) is 33.6 Å². The summed E-state index contributed by atoms with van der Waals surface area (Å²) in [5.74, 6) is -0.134. The predicted octanol–water partition coefficient (Wildman–Crippen LogP) is -0.498. The Balaban J connectivity index is 1.80. The van der Waals surface area contributed by atoms with Gasteiger partial charge in [-0.25, -0.2) is 0 Å². The van der Waals surface area contributed by atoms with E-state index in [4.69, 9.17) is 0 Å². The largest absolute Gasteiger partial charge is 0.380 e. The van der Waals surface area contributed by atoms with Crippen molar-refractivity contribution in [2.45, 2.75) is 44.8 Å². The smallest absolute Gasteiger partial charge is 0.254 e. The van der Waals surface area contributed by atoms with Crippen molar-refractivity contribution in [1.29, 1.82) is 0 Å². The first-order chi connectivity index (χ1) is 11.1. The molecule has 2 saturated heterocycles. The maximum Gasteiger partial charge on any atom is 0.254 e. The number of rotatable bonds is 3. The van der Waals surface area contributed by atoms with Crippen molar-refractivity contribution in [3.05, 3.63) is 0 Å². The van der Waals surface area contributed by atoms with Crippen molar-refractivity contribution in [3.63, 3.8) is 0 Å². The molecule has 7 nitrogen and oxygen atoms in total. The number of hydrogen-bond donors (Lipinski definition) is 2. The van der Waals surface area contributed by atoms with Crippen LogP contribution in [0.5, 0.6) is 0 Å². The molecule has 2 aliphatic rings. The minimum atomic E-state index is -1.21. The molecule has 0 atom stereocenters. The highest BCUT2D eigenvalue weighted by atomic mass is 16.3. The van der Waals surface area contributed by atoms with E-state index < -0.39 is 5.60 Å². The molecule has 2 heterocycles. The van der Waals surface area contributed by atoms with E-state index >= 15 is 0 Å². The van der Waals surface area contributed by atoms with Gasteiger partial charge in [0.1, 0.15) is 5.60 Å². The van der Waals surface area contributed by atoms with Gasteiger partial charge in [0.05, 0.1) is 6.54 Å². The summed E-state index contributed by atoms with van der Waals surface area (Å²) in [6, 6.07) is 0. The lowest BCUT2D eigenvalue weighted by atomic mass is 9.90. The van der Waals surface area contributed by atoms with E-state index in [-0.39, 0.29) is 17.4 Å². The Morgan fingerprint density at radius 3 is 2.08 bits per heavy atom. The molecule has 2 fully saturated rings. The standard InChI is InChI=1S/C17H32N4O3/c1-16(2,3)18-14(22)13-20-9-11-21(12-10-20)15(23)17(24)5-7-19(4)8-6-17/h24H,5-13H2,1-4H3,(H,18,22). The molecule has 0 aromatic rings. The molecule has 138 valence electrons. The lowest BCUT2D eigenvalue weighted by Gasteiger charge is -2.41. The highest BCUT2D eigenvalue weighted by molar-refractivity contribution is 5.85. The summed E-state index contributed by atoms with van der Waals surface area (Å²) in [5, 5.41) is 13.6. The summed E-state index contributed by atoms with van der Waals surface area (Å²) in [6.07, 6.45) is 0.993. The SMILES string of the molecule is CN1CCC(O)(C(=O)N2CCN(CC(=O)NC(C)(C)C)CC2)CC1. The van der Waals surface area contributed by atoms with Crippen molar-refractivity contribution in [1.82, 2.24) is 20.0 Å². The van der Waals surface area contributed by atoms with Gasteiger partial charge in [-0.05, 0) is 40.7 Å². The third-order valence-corrected chi connectivity index (χ3v) is 4.75. The molecule has 0 aliphatic carbocycles. The first-order valence-electron chi connectivity index (χ1n) is 8.83. The van der Waals surface area contributed by atoms with E-state index in [1.54, 1.807) is 4.90 Å². The summed E-state index contributed by atoms with van der Waals surface area (Å²) in [7, 11) is 2.01. The van der Waals surface area contributed by atoms with Crippen LogP contribution in [0.15, 0.2) is 0 Å². The lowest BCUT2D eigenvalue weighted by molar-refractivity contribution is -0.157. The monoisotopic (exact) mass is 340 g/mol. The topological polar surface area (TPSA) is 76.1 Å². The highest BCUT2D eigenvalue weighted by Gasteiger charge is 2.41. The average Bonchev–Trinajstić information content (AvgIpc) is 2.48. The lowest BCUT2D eigenvalue weighted by Crippen LogP contribution is -2.59. The average molecular weight is 340 g/mol. The summed E-state index contributed by atoms with van der Waals surface area (Å²) in [6.45, 7) is 10.2. The maximum absolute atomic E-state index is 12.7. The predicted molar refractivity (Wildman–Crippen MR) is 92.6 cm³/mol. The minimum Gasteiger partial charge on any atom is -0.380 e. The van der Waals surface area contributed by atoms with E-state index in [0.29, 0.717) is 45.6 Å². The number of nitrogens with zero attached hydrogens (tertiary/aromatic N) is 3. The zero-order valence-corrected chi connectivity index (χ0v) is 15.5. The first kappa shape index (κ1) is 19.1. The van der Waals surface area contributed by atoms with Crippen LogP contribution in [0.4, 0.5) is 0 Å². The number of aliphatic hydroxyl groups is 1. The van der Waals surface area contributed by atoms with Gasteiger partial charge in [0.25, 0.3) is 5.91 Å². The van der Waals surface area contributed by atoms with Gasteiger partial charge in [-0.15, -0.1) is 0 Å². The third kappa shape index (κ3) is 5.16. The van der Waals surface area contributed by atoms with Gasteiger partial charge in [-0.3, -0.25) is 14.5 Å². The minimum absolute atomic E-state index is 0.0104. The van der Waals surface area contributed by atoms with Crippen molar-refractivity contribution in [2.24, 2.45) is 0 Å². The molecule has 7 heteroatoms. The molecule has 0 spiro atoms. The number of piperidine rings is 1. The molecule has 0 radical (unpaired) electrons. The van der Waals surface area contributed by atoms with E-state index in [9.17, 15) is 14.7 Å². The summed E-state index contributed by atoms with van der Waals surface area (Å²) in [4.78, 5) is 30.6. The molecule has 0 aromatic heterocycles. The van der Waals surface area contributed by atoms with Gasteiger partial charge in [0, 0.05) is 44.8 Å². The maximum atomic E-state index is 12.7. The normalized spacial score (nSPS) is 23.1. The molecular weight excluding hydrogens is 308 g/mol. The molecular formula is C17H32N4O3. The summed E-state index contributed by atoms with van der Waals surface area (Å²) in [5.41, 5.74) is -1.44. The molecule has 0 aromatic carbocycles. The zero-order valence-electron chi connectivity index (χ0n) is 15.5. The molecule has 2 amide bonds. The van der Waals surface area contributed by atoms with Crippen LogP contribution in [0, 0.1) is 0 Å². The van der Waals surface area contributed by atoms with Gasteiger partial charge < -0.3 is 20.2 Å². The second-order valence-electron chi connectivity index (χ2n) is 8.20. The molecule has 2 N–H and O–H groups in total. The van der Waals surface area contributed by atoms with Gasteiger partial charge >= 0.3 is 0 Å². The number of nitrogens with one attached hydrogen (secondary N) is 1. The number of carbonyl (C=O) groups is 2. The second-order valence-corrected chi connectivity index (χ2v) is 8.20. The molecule has 0 bridgehead atoms. The van der Waals surface area contributed by atoms with Crippen LogP contribution in [-0.4, -0.2) is 95.6 Å². The second kappa shape index (κ2) is 7.37. The van der Waals surface area contributed by atoms with E-state index in [1.807, 2.05) is 27.8 Å². The number of hydrogen-bond acceptors (Lipinski definition) is 5. The van der Waals surface area contributed by atoms with Crippen LogP contribution in [-0.2, 0) is 9.59 Å². The van der Waals surface area contributed by atoms with Gasteiger partial charge in [-0.1, -0.05) is 0 Å². The van der Waals surface area contributed by atoms with Crippen LogP contribution in [0.25, 0.3) is 0 Å². The van der Waals surface area contributed by atoms with Gasteiger partial charge in [0.2, 0.25) is 5.91 Å². The Kier molecular flexibility index (Phi) is 5.88. The Bertz CT molecular complexity index is 459. The number of amides is 2. The summed E-state index contributed by atoms with van der Waals surface area (Å²) >= 11 is 0. The fraction of sp³-hybridized carbons (Fsp3) is 0.882. The van der Waals surface area contributed by atoms with E-state index in [2.05, 4.69) is 15.1 Å². The van der Waals surface area contributed by atoms with Gasteiger partial charge in [-0.2, -0.15) is 0 Å². The van der Waals surface area contributed by atoms with Crippen LogP contribution in [0.3, 0.4) is 0 Å². The Labute approximate surface area is 145 Å². The van der Waals surface area contributed by atoms with Crippen molar-refractivity contribution in [2.75, 3.05) is 52.9 Å². The summed E-state index contributed by atoms with van der Waals surface area (Å²) < 4.78 is 0. The number of likely N-dealkylation sites (tertiary alicyclic amines) is 1. The van der Waals surface area contributed by atoms with Crippen LogP contribution < -0.4 is 5.32 Å². The quantitative estimate of drug-likeness (QED) is 0.725. The fourth-order valence-corrected chi connectivity index (χ4v) is 3.27. The highest BCUT2D eigenvalue weighted by Crippen LogP contribution is 2.24. The van der Waals surface area contributed by atoms with E-state index in [0.717, 1.165) is 13.1 Å². The Morgan fingerprint density at radius 1 is 1.04 bits per heavy atom. The number of piperazine rings is 1. The van der Waals surface area contributed by atoms with Crippen molar-refractivity contribution in [3.8, 4) is 0 Å². The molecule has 2 aliphatic heterocycles. The van der Waals surface area contributed by atoms with Crippen LogP contribution in [0.2, 0.25) is 0 Å². The van der Waals surface area contributed by atoms with Crippen molar-refractivity contribution >= 4 is 11.8 Å². The van der Waals surface area contributed by atoms with E-state index in [1.165, 1.54) is 0 Å².